The van der Waals surface area contributed by atoms with E-state index in [1.54, 1.807) is 6.92 Å². The SMILES string of the molecule is CC1Oc2ccc(NC(C)c3nc4cc(Cl)ccc4n3Cc3ccccc3)cc2NC1=O. The predicted octanol–water partition coefficient (Wildman–Crippen LogP) is 5.63. The molecule has 5 rings (SSSR count). The minimum atomic E-state index is -0.495. The Morgan fingerprint density at radius 2 is 1.97 bits per heavy atom. The first-order valence-corrected chi connectivity index (χ1v) is 10.9. The number of nitrogens with zero attached hydrogens (tertiary/aromatic N) is 2. The van der Waals surface area contributed by atoms with Crippen LogP contribution >= 0.6 is 11.6 Å². The van der Waals surface area contributed by atoms with Gasteiger partial charge in [0, 0.05) is 17.3 Å². The molecule has 0 spiro atoms. The van der Waals surface area contributed by atoms with E-state index in [1.165, 1.54) is 5.56 Å². The number of hydrogen-bond acceptors (Lipinski definition) is 4. The van der Waals surface area contributed by atoms with E-state index < -0.39 is 6.10 Å². The van der Waals surface area contributed by atoms with Crippen LogP contribution in [-0.2, 0) is 11.3 Å². The third-order valence-electron chi connectivity index (χ3n) is 5.60. The highest BCUT2D eigenvalue weighted by Crippen LogP contribution is 2.34. The van der Waals surface area contributed by atoms with Crippen molar-refractivity contribution in [3.8, 4) is 5.75 Å². The number of anilines is 2. The van der Waals surface area contributed by atoms with Crippen molar-refractivity contribution in [2.45, 2.75) is 32.5 Å². The lowest BCUT2D eigenvalue weighted by Crippen LogP contribution is -2.34. The topological polar surface area (TPSA) is 68.2 Å². The first-order valence-electron chi connectivity index (χ1n) is 10.6. The maximum Gasteiger partial charge on any atom is 0.265 e. The Bertz CT molecular complexity index is 1300. The van der Waals surface area contributed by atoms with Crippen molar-refractivity contribution in [2.24, 2.45) is 0 Å². The van der Waals surface area contributed by atoms with Crippen molar-refractivity contribution >= 4 is 39.9 Å². The average molecular weight is 447 g/mol. The van der Waals surface area contributed by atoms with Gasteiger partial charge < -0.3 is 19.9 Å². The number of nitrogens with one attached hydrogen (secondary N) is 2. The Morgan fingerprint density at radius 3 is 2.78 bits per heavy atom. The molecule has 0 saturated heterocycles. The summed E-state index contributed by atoms with van der Waals surface area (Å²) in [5.74, 6) is 1.42. The van der Waals surface area contributed by atoms with Crippen molar-refractivity contribution in [1.29, 1.82) is 0 Å². The van der Waals surface area contributed by atoms with E-state index in [0.717, 1.165) is 22.5 Å². The van der Waals surface area contributed by atoms with Crippen LogP contribution in [0.25, 0.3) is 11.0 Å². The van der Waals surface area contributed by atoms with Crippen molar-refractivity contribution in [1.82, 2.24) is 9.55 Å². The highest BCUT2D eigenvalue weighted by Gasteiger charge is 2.24. The van der Waals surface area contributed by atoms with E-state index in [1.807, 2.05) is 54.6 Å². The van der Waals surface area contributed by atoms with Crippen LogP contribution in [0.15, 0.2) is 66.7 Å². The van der Waals surface area contributed by atoms with Gasteiger partial charge in [0.05, 0.1) is 22.8 Å². The maximum absolute atomic E-state index is 12.0. The summed E-state index contributed by atoms with van der Waals surface area (Å²) >= 11 is 6.23. The molecule has 2 unspecified atom stereocenters. The number of imidazole rings is 1. The molecule has 162 valence electrons. The Balaban J connectivity index is 1.48. The number of aromatic nitrogens is 2. The number of rotatable bonds is 5. The van der Waals surface area contributed by atoms with Crippen molar-refractivity contribution in [3.63, 3.8) is 0 Å². The molecule has 1 aliphatic heterocycles. The number of halogens is 1. The molecule has 0 radical (unpaired) electrons. The number of benzene rings is 3. The fourth-order valence-electron chi connectivity index (χ4n) is 4.00. The van der Waals surface area contributed by atoms with Crippen molar-refractivity contribution in [2.75, 3.05) is 10.6 Å². The second kappa shape index (κ2) is 8.20. The summed E-state index contributed by atoms with van der Waals surface area (Å²) in [6.07, 6.45) is -0.495. The van der Waals surface area contributed by atoms with Gasteiger partial charge in [-0.2, -0.15) is 0 Å². The van der Waals surface area contributed by atoms with Crippen LogP contribution in [0.1, 0.15) is 31.3 Å². The van der Waals surface area contributed by atoms with Crippen LogP contribution in [0, 0.1) is 0 Å². The molecule has 0 saturated carbocycles. The van der Waals surface area contributed by atoms with Crippen molar-refractivity contribution in [3.05, 3.63) is 83.1 Å². The Morgan fingerprint density at radius 1 is 1.16 bits per heavy atom. The number of ether oxygens (including phenoxy) is 1. The molecular formula is C25H23ClN4O2. The van der Waals surface area contributed by atoms with E-state index in [2.05, 4.69) is 34.3 Å². The number of fused-ring (bicyclic) bond motifs is 2. The second-order valence-corrected chi connectivity index (χ2v) is 8.44. The maximum atomic E-state index is 12.0. The van der Waals surface area contributed by atoms with Gasteiger partial charge in [0.1, 0.15) is 11.6 Å². The Hall–Kier alpha value is -3.51. The van der Waals surface area contributed by atoms with Gasteiger partial charge in [-0.15, -0.1) is 0 Å². The molecule has 0 fully saturated rings. The van der Waals surface area contributed by atoms with E-state index in [9.17, 15) is 4.79 Å². The van der Waals surface area contributed by atoms with Gasteiger partial charge in [0.25, 0.3) is 5.91 Å². The van der Waals surface area contributed by atoms with Gasteiger partial charge in [0.2, 0.25) is 0 Å². The first kappa shape index (κ1) is 20.4. The van der Waals surface area contributed by atoms with Gasteiger partial charge in [-0.1, -0.05) is 41.9 Å². The highest BCUT2D eigenvalue weighted by molar-refractivity contribution is 6.31. The summed E-state index contributed by atoms with van der Waals surface area (Å²) in [4.78, 5) is 16.9. The largest absolute Gasteiger partial charge is 0.479 e. The molecule has 2 heterocycles. The molecule has 32 heavy (non-hydrogen) atoms. The Kier molecular flexibility index (Phi) is 5.23. The standard InChI is InChI=1S/C25H23ClN4O2/c1-15(27-19-9-11-23-21(13-19)29-25(31)16(2)32-23)24-28-20-12-18(26)8-10-22(20)30(24)14-17-6-4-3-5-7-17/h3-13,15-16,27H,14H2,1-2H3,(H,29,31). The molecule has 4 aromatic rings. The third-order valence-corrected chi connectivity index (χ3v) is 5.84. The van der Waals surface area contributed by atoms with Crippen LogP contribution < -0.4 is 15.4 Å². The van der Waals surface area contributed by atoms with Gasteiger partial charge >= 0.3 is 0 Å². The molecule has 7 heteroatoms. The summed E-state index contributed by atoms with van der Waals surface area (Å²) in [5.41, 5.74) is 4.61. The number of carbonyl (C=O) groups excluding carboxylic acids is 1. The number of hydrogen-bond donors (Lipinski definition) is 2. The lowest BCUT2D eigenvalue weighted by Gasteiger charge is -2.24. The molecule has 0 aliphatic carbocycles. The monoisotopic (exact) mass is 446 g/mol. The van der Waals surface area contributed by atoms with Crippen LogP contribution in [-0.4, -0.2) is 21.6 Å². The Labute approximate surface area is 191 Å². The summed E-state index contributed by atoms with van der Waals surface area (Å²) in [7, 11) is 0. The van der Waals surface area contributed by atoms with Gasteiger partial charge in [0.15, 0.2) is 6.10 Å². The van der Waals surface area contributed by atoms with Gasteiger partial charge in [-0.05, 0) is 55.8 Å². The van der Waals surface area contributed by atoms with Crippen LogP contribution in [0.2, 0.25) is 5.02 Å². The summed E-state index contributed by atoms with van der Waals surface area (Å²) in [5, 5.41) is 7.07. The van der Waals surface area contributed by atoms with Crippen LogP contribution in [0.3, 0.4) is 0 Å². The molecule has 1 amide bonds. The molecule has 0 bridgehead atoms. The molecular weight excluding hydrogens is 424 g/mol. The minimum Gasteiger partial charge on any atom is -0.479 e. The zero-order valence-electron chi connectivity index (χ0n) is 17.8. The molecule has 6 nitrogen and oxygen atoms in total. The molecule has 2 atom stereocenters. The fourth-order valence-corrected chi connectivity index (χ4v) is 4.16. The quantitative estimate of drug-likeness (QED) is 0.417. The normalized spacial score (nSPS) is 16.2. The van der Waals surface area contributed by atoms with Crippen LogP contribution in [0.4, 0.5) is 11.4 Å². The van der Waals surface area contributed by atoms with E-state index in [-0.39, 0.29) is 11.9 Å². The number of amides is 1. The second-order valence-electron chi connectivity index (χ2n) is 8.00. The molecule has 3 aromatic carbocycles. The van der Waals surface area contributed by atoms with Crippen molar-refractivity contribution < 1.29 is 9.53 Å². The average Bonchev–Trinajstić information content (AvgIpc) is 3.13. The van der Waals surface area contributed by atoms with Gasteiger partial charge in [-0.25, -0.2) is 4.98 Å². The summed E-state index contributed by atoms with van der Waals surface area (Å²) in [6.45, 7) is 4.50. The van der Waals surface area contributed by atoms with Crippen LogP contribution in [0.5, 0.6) is 5.75 Å². The smallest absolute Gasteiger partial charge is 0.265 e. The molecule has 1 aromatic heterocycles. The predicted molar refractivity (Wildman–Crippen MR) is 127 cm³/mol. The highest BCUT2D eigenvalue weighted by atomic mass is 35.5. The van der Waals surface area contributed by atoms with E-state index >= 15 is 0 Å². The van der Waals surface area contributed by atoms with Gasteiger partial charge in [-0.3, -0.25) is 4.79 Å². The van der Waals surface area contributed by atoms with E-state index in [0.29, 0.717) is 23.0 Å². The summed E-state index contributed by atoms with van der Waals surface area (Å²) in [6, 6.07) is 21.7. The summed E-state index contributed by atoms with van der Waals surface area (Å²) < 4.78 is 7.87. The zero-order chi connectivity index (χ0) is 22.2. The number of carbonyl (C=O) groups is 1. The molecule has 2 N–H and O–H groups in total. The zero-order valence-corrected chi connectivity index (χ0v) is 18.6. The first-order chi connectivity index (χ1) is 15.5. The lowest BCUT2D eigenvalue weighted by atomic mass is 10.2. The molecule has 1 aliphatic rings. The van der Waals surface area contributed by atoms with E-state index in [4.69, 9.17) is 21.3 Å². The minimum absolute atomic E-state index is 0.0953. The third kappa shape index (κ3) is 3.89. The fraction of sp³-hybridized carbons (Fsp3) is 0.200. The lowest BCUT2D eigenvalue weighted by molar-refractivity contribution is -0.122.